The second-order valence-corrected chi connectivity index (χ2v) is 9.59. The molecular formula is C28H38N2O4. The van der Waals surface area contributed by atoms with Crippen LogP contribution < -0.4 is 0 Å². The van der Waals surface area contributed by atoms with Crippen LogP contribution in [0.4, 0.5) is 0 Å². The summed E-state index contributed by atoms with van der Waals surface area (Å²) in [4.78, 5) is 32.9. The average Bonchev–Trinajstić information content (AvgIpc) is 2.78. The summed E-state index contributed by atoms with van der Waals surface area (Å²) >= 11 is 0. The summed E-state index contributed by atoms with van der Waals surface area (Å²) in [5.41, 5.74) is 4.06. The van der Waals surface area contributed by atoms with Gasteiger partial charge in [0.2, 0.25) is 0 Å². The largest absolute Gasteiger partial charge is 0.459 e. The Hall–Kier alpha value is -2.89. The maximum absolute atomic E-state index is 13.1. The summed E-state index contributed by atoms with van der Waals surface area (Å²) in [5.74, 6) is 0.00193. The number of cyclic esters (lactones) is 1. The van der Waals surface area contributed by atoms with Gasteiger partial charge in [0, 0.05) is 25.9 Å². The number of oxime groups is 1. The molecule has 0 aromatic heterocycles. The van der Waals surface area contributed by atoms with Crippen molar-refractivity contribution in [2.24, 2.45) is 11.1 Å². The number of rotatable bonds is 3. The van der Waals surface area contributed by atoms with Gasteiger partial charge in [0.05, 0.1) is 11.3 Å². The molecule has 184 valence electrons. The summed E-state index contributed by atoms with van der Waals surface area (Å²) in [6.45, 7) is 9.52. The first kappa shape index (κ1) is 25.7. The highest BCUT2D eigenvalue weighted by Gasteiger charge is 2.21. The Morgan fingerprint density at radius 3 is 2.65 bits per heavy atom. The molecule has 6 heteroatoms. The molecule has 0 aliphatic carbocycles. The predicted molar refractivity (Wildman–Crippen MR) is 135 cm³/mol. The Morgan fingerprint density at radius 2 is 1.88 bits per heavy atom. The molecule has 1 aromatic carbocycles. The summed E-state index contributed by atoms with van der Waals surface area (Å²) in [7, 11) is 0. The fourth-order valence-corrected chi connectivity index (χ4v) is 4.50. The number of fused-ring (bicyclic) bond motifs is 1. The van der Waals surface area contributed by atoms with E-state index in [1.807, 2.05) is 43.9 Å². The molecule has 0 unspecified atom stereocenters. The number of hydrogen-bond donors (Lipinski definition) is 0. The molecule has 0 N–H and O–H groups in total. The Kier molecular flexibility index (Phi) is 9.49. The molecular weight excluding hydrogens is 428 g/mol. The van der Waals surface area contributed by atoms with E-state index in [0.29, 0.717) is 30.0 Å². The van der Waals surface area contributed by atoms with Crippen LogP contribution in [0.3, 0.4) is 0 Å². The van der Waals surface area contributed by atoms with Gasteiger partial charge in [-0.05, 0) is 69.6 Å². The fourth-order valence-electron chi connectivity index (χ4n) is 4.50. The molecule has 1 aromatic rings. The molecule has 2 atom stereocenters. The lowest BCUT2D eigenvalue weighted by molar-refractivity contribution is -0.137. The second-order valence-electron chi connectivity index (χ2n) is 9.59. The van der Waals surface area contributed by atoms with Crippen molar-refractivity contribution < 1.29 is 19.2 Å². The van der Waals surface area contributed by atoms with E-state index >= 15 is 0 Å². The summed E-state index contributed by atoms with van der Waals surface area (Å²) < 4.78 is 5.76. The summed E-state index contributed by atoms with van der Waals surface area (Å²) in [6, 6.07) is 4.00. The quantitative estimate of drug-likeness (QED) is 0.344. The van der Waals surface area contributed by atoms with Gasteiger partial charge in [-0.3, -0.25) is 4.79 Å². The third-order valence-corrected chi connectivity index (χ3v) is 6.27. The van der Waals surface area contributed by atoms with Crippen molar-refractivity contribution in [2.45, 2.75) is 72.3 Å². The van der Waals surface area contributed by atoms with E-state index in [9.17, 15) is 9.59 Å². The van der Waals surface area contributed by atoms with Crippen LogP contribution in [0, 0.1) is 19.8 Å². The van der Waals surface area contributed by atoms with Crippen LogP contribution in [-0.2, 0) is 20.8 Å². The predicted octanol–water partition coefficient (Wildman–Crippen LogP) is 5.32. The Labute approximate surface area is 203 Å². The monoisotopic (exact) mass is 466 g/mol. The highest BCUT2D eigenvalue weighted by molar-refractivity contribution is 6.00. The number of likely N-dealkylation sites (tertiary alicyclic amines) is 1. The van der Waals surface area contributed by atoms with E-state index in [4.69, 9.17) is 9.57 Å². The van der Waals surface area contributed by atoms with Crippen LogP contribution >= 0.6 is 0 Å². The standard InChI is InChI=1S/C28H38N2O4/c1-20-10-8-12-23(4)34-28(32)27-22(3)16-21(2)17-24(27)18-25(13-9-11-20)29-33-19-26(31)30-14-6-5-7-15-30/h8-10,13,16-17,20,23H,5-7,11-12,14-15,18-19H2,1-4H3/b10-8+,13-9+,29-25-/t20-,23-/m1/s1. The van der Waals surface area contributed by atoms with E-state index < -0.39 is 0 Å². The maximum atomic E-state index is 13.1. The van der Waals surface area contributed by atoms with E-state index in [1.54, 1.807) is 0 Å². The zero-order valence-electron chi connectivity index (χ0n) is 21.0. The third kappa shape index (κ3) is 7.57. The van der Waals surface area contributed by atoms with Crippen molar-refractivity contribution >= 4 is 17.6 Å². The van der Waals surface area contributed by atoms with Crippen LogP contribution in [0.15, 0.2) is 41.6 Å². The molecule has 3 rings (SSSR count). The van der Waals surface area contributed by atoms with Crippen molar-refractivity contribution in [3.8, 4) is 0 Å². The van der Waals surface area contributed by atoms with Crippen LogP contribution in [-0.4, -0.2) is 48.3 Å². The summed E-state index contributed by atoms with van der Waals surface area (Å²) in [6.07, 6.45) is 13.3. The molecule has 1 saturated heterocycles. The number of esters is 1. The minimum Gasteiger partial charge on any atom is -0.459 e. The SMILES string of the molecule is Cc1cc(C)c2c(c1)CC(=N\OCC(=O)N1CCCCC1)/C=C/C[C@H](C)/C=C/C[C@@H](C)OC2=O. The van der Waals surface area contributed by atoms with Gasteiger partial charge < -0.3 is 14.5 Å². The average molecular weight is 467 g/mol. The van der Waals surface area contributed by atoms with Crippen molar-refractivity contribution in [1.82, 2.24) is 4.90 Å². The van der Waals surface area contributed by atoms with Gasteiger partial charge in [0.15, 0.2) is 6.61 Å². The molecule has 1 fully saturated rings. The zero-order valence-corrected chi connectivity index (χ0v) is 21.0. The number of ether oxygens (including phenoxy) is 1. The number of aryl methyl sites for hydroxylation is 2. The number of carbonyl (C=O) groups is 2. The van der Waals surface area contributed by atoms with E-state index in [2.05, 4.69) is 30.3 Å². The molecule has 34 heavy (non-hydrogen) atoms. The van der Waals surface area contributed by atoms with Gasteiger partial charge in [-0.2, -0.15) is 0 Å². The van der Waals surface area contributed by atoms with Crippen LogP contribution in [0.25, 0.3) is 0 Å². The molecule has 6 nitrogen and oxygen atoms in total. The van der Waals surface area contributed by atoms with Crippen LogP contribution in [0.2, 0.25) is 0 Å². The first-order chi connectivity index (χ1) is 16.3. The number of benzene rings is 1. The van der Waals surface area contributed by atoms with Gasteiger partial charge in [-0.1, -0.05) is 48.0 Å². The second kappa shape index (κ2) is 12.5. The van der Waals surface area contributed by atoms with Crippen molar-refractivity contribution in [2.75, 3.05) is 19.7 Å². The molecule has 0 saturated carbocycles. The lowest BCUT2D eigenvalue weighted by Crippen LogP contribution is -2.37. The topological polar surface area (TPSA) is 68.2 Å². The lowest BCUT2D eigenvalue weighted by Gasteiger charge is -2.26. The maximum Gasteiger partial charge on any atom is 0.338 e. The highest BCUT2D eigenvalue weighted by Crippen LogP contribution is 2.22. The Balaban J connectivity index is 1.86. The molecule has 0 spiro atoms. The Bertz CT molecular complexity index is 957. The number of allylic oxidation sites excluding steroid dienone is 3. The third-order valence-electron chi connectivity index (χ3n) is 6.27. The van der Waals surface area contributed by atoms with Gasteiger partial charge in [-0.25, -0.2) is 4.79 Å². The minimum atomic E-state index is -0.317. The lowest BCUT2D eigenvalue weighted by atomic mass is 9.94. The van der Waals surface area contributed by atoms with Crippen LogP contribution in [0.5, 0.6) is 0 Å². The Morgan fingerprint density at radius 1 is 1.12 bits per heavy atom. The number of hydrogen-bond acceptors (Lipinski definition) is 5. The van der Waals surface area contributed by atoms with E-state index in [0.717, 1.165) is 49.0 Å². The normalized spacial score (nSPS) is 25.1. The van der Waals surface area contributed by atoms with E-state index in [1.165, 1.54) is 6.42 Å². The zero-order chi connectivity index (χ0) is 24.5. The van der Waals surface area contributed by atoms with Crippen molar-refractivity contribution in [3.63, 3.8) is 0 Å². The van der Waals surface area contributed by atoms with Gasteiger partial charge >= 0.3 is 5.97 Å². The molecule has 1 amide bonds. The fraction of sp³-hybridized carbons (Fsp3) is 0.536. The highest BCUT2D eigenvalue weighted by atomic mass is 16.6. The molecule has 2 aliphatic rings. The van der Waals surface area contributed by atoms with Crippen molar-refractivity contribution in [3.05, 3.63) is 58.7 Å². The van der Waals surface area contributed by atoms with E-state index in [-0.39, 0.29) is 24.6 Å². The number of nitrogens with zero attached hydrogens (tertiary/aromatic N) is 2. The first-order valence-electron chi connectivity index (χ1n) is 12.4. The first-order valence-corrected chi connectivity index (χ1v) is 12.4. The molecule has 0 bridgehead atoms. The number of piperidine rings is 1. The van der Waals surface area contributed by atoms with Gasteiger partial charge in [0.25, 0.3) is 5.91 Å². The van der Waals surface area contributed by atoms with Crippen LogP contribution in [0.1, 0.15) is 73.0 Å². The van der Waals surface area contributed by atoms with Gasteiger partial charge in [0.1, 0.15) is 6.10 Å². The minimum absolute atomic E-state index is 0.0302. The number of carbonyl (C=O) groups excluding carboxylic acids is 2. The molecule has 2 heterocycles. The molecule has 0 radical (unpaired) electrons. The summed E-state index contributed by atoms with van der Waals surface area (Å²) in [5, 5.41) is 4.32. The van der Waals surface area contributed by atoms with Crippen molar-refractivity contribution in [1.29, 1.82) is 0 Å². The smallest absolute Gasteiger partial charge is 0.338 e. The molecule has 2 aliphatic heterocycles. The number of amides is 1. The van der Waals surface area contributed by atoms with Gasteiger partial charge in [-0.15, -0.1) is 0 Å².